The van der Waals surface area contributed by atoms with Crippen molar-refractivity contribution in [1.29, 1.82) is 0 Å². The van der Waals surface area contributed by atoms with Gasteiger partial charge in [0.05, 0.1) is 25.6 Å². The number of rotatable bonds is 12. The van der Waals surface area contributed by atoms with Crippen LogP contribution in [0.1, 0.15) is 32.8 Å². The van der Waals surface area contributed by atoms with Gasteiger partial charge in [0.25, 0.3) is 0 Å². The number of aliphatic hydroxyl groups is 2. The van der Waals surface area contributed by atoms with Crippen molar-refractivity contribution in [3.8, 4) is 5.75 Å². The molecule has 1 aliphatic heterocycles. The summed E-state index contributed by atoms with van der Waals surface area (Å²) in [6.07, 6.45) is -4.09. The van der Waals surface area contributed by atoms with Crippen LogP contribution in [0.2, 0.25) is 0 Å². The highest BCUT2D eigenvalue weighted by molar-refractivity contribution is 7.52. The smallest absolute Gasteiger partial charge is 0.459 e. The van der Waals surface area contributed by atoms with Gasteiger partial charge in [0.1, 0.15) is 29.8 Å². The largest absolute Gasteiger partial charge is 0.462 e. The third-order valence-electron chi connectivity index (χ3n) is 6.26. The number of hydrogen-bond donors (Lipinski definition) is 4. The minimum absolute atomic E-state index is 0.161. The maximum atomic E-state index is 16.2. The Labute approximate surface area is 235 Å². The van der Waals surface area contributed by atoms with Crippen LogP contribution in [0.15, 0.2) is 36.7 Å². The van der Waals surface area contributed by atoms with Gasteiger partial charge in [-0.1, -0.05) is 18.2 Å². The zero-order valence-corrected chi connectivity index (χ0v) is 24.1. The third kappa shape index (κ3) is 6.50. The van der Waals surface area contributed by atoms with Gasteiger partial charge in [-0.05, 0) is 39.8 Å². The van der Waals surface area contributed by atoms with Gasteiger partial charge in [-0.15, -0.1) is 0 Å². The third-order valence-corrected chi connectivity index (χ3v) is 7.90. The first-order valence-electron chi connectivity index (χ1n) is 12.9. The number of anilines is 1. The number of carbonyl (C=O) groups is 1. The van der Waals surface area contributed by atoms with E-state index < -0.39 is 63.2 Å². The van der Waals surface area contributed by atoms with E-state index in [1.54, 1.807) is 46.0 Å². The lowest BCUT2D eigenvalue weighted by molar-refractivity contribution is -0.149. The fraction of sp³-hybridized carbons (Fsp3) is 0.520. The maximum absolute atomic E-state index is 16.2. The molecular weight excluding hydrogens is 562 g/mol. The van der Waals surface area contributed by atoms with Crippen molar-refractivity contribution >= 4 is 30.7 Å². The number of aromatic nitrogens is 4. The van der Waals surface area contributed by atoms with Gasteiger partial charge in [-0.25, -0.2) is 23.9 Å². The number of hydrogen-bond acceptors (Lipinski definition) is 12. The molecule has 4 rings (SSSR count). The average Bonchev–Trinajstić information content (AvgIpc) is 3.45. The van der Waals surface area contributed by atoms with E-state index in [0.717, 1.165) is 0 Å². The van der Waals surface area contributed by atoms with Gasteiger partial charge in [0.15, 0.2) is 23.2 Å². The monoisotopic (exact) mass is 596 g/mol. The number of alkyl halides is 1. The molecule has 14 nitrogen and oxygen atoms in total. The van der Waals surface area contributed by atoms with Gasteiger partial charge in [-0.3, -0.25) is 13.9 Å². The van der Waals surface area contributed by atoms with Gasteiger partial charge in [0.2, 0.25) is 5.67 Å². The molecule has 3 heterocycles. The molecule has 41 heavy (non-hydrogen) atoms. The molecule has 0 spiro atoms. The van der Waals surface area contributed by atoms with Crippen LogP contribution in [0.3, 0.4) is 0 Å². The molecule has 1 fully saturated rings. The van der Waals surface area contributed by atoms with Crippen LogP contribution in [0, 0.1) is 6.92 Å². The molecule has 0 bridgehead atoms. The van der Waals surface area contributed by atoms with Crippen LogP contribution in [-0.2, 0) is 23.4 Å². The summed E-state index contributed by atoms with van der Waals surface area (Å²) in [6.45, 7) is 4.62. The number of esters is 1. The van der Waals surface area contributed by atoms with Crippen molar-refractivity contribution in [2.45, 2.75) is 63.9 Å². The van der Waals surface area contributed by atoms with E-state index in [0.29, 0.717) is 17.2 Å². The lowest BCUT2D eigenvalue weighted by atomic mass is 9.97. The van der Waals surface area contributed by atoms with E-state index in [9.17, 15) is 19.6 Å². The molecule has 6 atom stereocenters. The predicted molar refractivity (Wildman–Crippen MR) is 145 cm³/mol. The second kappa shape index (κ2) is 12.3. The lowest BCUT2D eigenvalue weighted by Crippen LogP contribution is -2.46. The summed E-state index contributed by atoms with van der Waals surface area (Å²) in [4.78, 5) is 25.2. The second-order valence-electron chi connectivity index (χ2n) is 9.78. The van der Waals surface area contributed by atoms with Crippen molar-refractivity contribution in [3.63, 3.8) is 0 Å². The molecule has 1 aromatic carbocycles. The molecule has 224 valence electrons. The van der Waals surface area contributed by atoms with Gasteiger partial charge < -0.3 is 29.5 Å². The summed E-state index contributed by atoms with van der Waals surface area (Å²) in [5.41, 5.74) is -2.19. The molecule has 0 aliphatic carbocycles. The Morgan fingerprint density at radius 3 is 2.61 bits per heavy atom. The number of benzene rings is 1. The lowest BCUT2D eigenvalue weighted by Gasteiger charge is -2.27. The Hall–Kier alpha value is -3.20. The molecule has 0 saturated carbocycles. The fourth-order valence-corrected chi connectivity index (χ4v) is 5.79. The molecule has 3 aromatic rings. The first-order chi connectivity index (χ1) is 19.4. The standard InChI is InChI=1S/C25H34FN6O8P/c1-14(2)38-23(35)15(3)31-41(36,40-17-9-7-6-8-10-17)37-11-18-20(34)25(26,12-33)24(39-18)32-13-28-19-21(27-5)29-16(4)30-22(19)32/h6-10,13-15,18,20,24,33-34H,11-12H2,1-5H3,(H,31,36)(H,27,29,30)/t15-,18?,20+,24+,25+,41-/m0/s1. The number of para-hydroxylation sites is 1. The predicted octanol–water partition coefficient (Wildman–Crippen LogP) is 2.27. The van der Waals surface area contributed by atoms with Crippen LogP contribution >= 0.6 is 7.75 Å². The Morgan fingerprint density at radius 2 is 1.98 bits per heavy atom. The van der Waals surface area contributed by atoms with Crippen LogP contribution in [0.25, 0.3) is 11.2 Å². The number of carbonyl (C=O) groups excluding carboxylic acids is 1. The molecule has 0 amide bonds. The van der Waals surface area contributed by atoms with E-state index >= 15 is 4.39 Å². The summed E-state index contributed by atoms with van der Waals surface area (Å²) in [5.74, 6) is 0.221. The fourth-order valence-electron chi connectivity index (χ4n) is 4.28. The number of halogens is 1. The number of nitrogens with zero attached hydrogens (tertiary/aromatic N) is 4. The van der Waals surface area contributed by atoms with E-state index in [1.807, 2.05) is 0 Å². The molecule has 1 unspecified atom stereocenters. The molecule has 1 aliphatic rings. The molecular formula is C25H34FN6O8P. The first kappa shape index (κ1) is 30.8. The number of nitrogens with one attached hydrogen (secondary N) is 2. The molecule has 2 aromatic heterocycles. The van der Waals surface area contributed by atoms with Crippen molar-refractivity contribution in [1.82, 2.24) is 24.6 Å². The Kier molecular flexibility index (Phi) is 9.26. The number of imidazole rings is 1. The molecule has 4 N–H and O–H groups in total. The highest BCUT2D eigenvalue weighted by atomic mass is 31.2. The summed E-state index contributed by atoms with van der Waals surface area (Å²) in [7, 11) is -2.69. The van der Waals surface area contributed by atoms with Gasteiger partial charge in [-0.2, -0.15) is 5.09 Å². The van der Waals surface area contributed by atoms with Crippen LogP contribution < -0.4 is 14.9 Å². The molecule has 0 radical (unpaired) electrons. The highest BCUT2D eigenvalue weighted by Gasteiger charge is 2.59. The zero-order valence-electron chi connectivity index (χ0n) is 23.2. The highest BCUT2D eigenvalue weighted by Crippen LogP contribution is 2.48. The van der Waals surface area contributed by atoms with Crippen molar-refractivity contribution in [2.24, 2.45) is 0 Å². The quantitative estimate of drug-likeness (QED) is 0.177. The molecule has 1 saturated heterocycles. The van der Waals surface area contributed by atoms with E-state index in [1.165, 1.54) is 30.0 Å². The van der Waals surface area contributed by atoms with E-state index in [2.05, 4.69) is 25.4 Å². The number of fused-ring (bicyclic) bond motifs is 1. The summed E-state index contributed by atoms with van der Waals surface area (Å²) in [5, 5.41) is 26.3. The molecule has 16 heteroatoms. The normalized spacial score (nSPS) is 24.8. The summed E-state index contributed by atoms with van der Waals surface area (Å²) in [6, 6.07) is 6.94. The second-order valence-corrected chi connectivity index (χ2v) is 11.5. The SMILES string of the molecule is CNc1nc(C)nc2c1ncn2[C@@H]1OC(CO[P@@](=O)(N[C@@H](C)C(=O)OC(C)C)Oc2ccccc2)[C@@H](O)[C@]1(F)CO. The van der Waals surface area contributed by atoms with Crippen molar-refractivity contribution in [3.05, 3.63) is 42.5 Å². The zero-order chi connectivity index (χ0) is 29.9. The van der Waals surface area contributed by atoms with Gasteiger partial charge >= 0.3 is 13.7 Å². The van der Waals surface area contributed by atoms with Crippen LogP contribution in [0.5, 0.6) is 5.75 Å². The Bertz CT molecular complexity index is 1410. The van der Waals surface area contributed by atoms with E-state index in [-0.39, 0.29) is 11.4 Å². The average molecular weight is 597 g/mol. The Balaban J connectivity index is 1.59. The minimum Gasteiger partial charge on any atom is -0.462 e. The first-order valence-corrected chi connectivity index (χ1v) is 14.4. The number of ether oxygens (including phenoxy) is 2. The van der Waals surface area contributed by atoms with Crippen molar-refractivity contribution in [2.75, 3.05) is 25.6 Å². The Morgan fingerprint density at radius 1 is 1.27 bits per heavy atom. The minimum atomic E-state index is -4.34. The van der Waals surface area contributed by atoms with E-state index in [4.69, 9.17) is 18.5 Å². The van der Waals surface area contributed by atoms with Crippen LogP contribution in [-0.4, -0.2) is 86.0 Å². The topological polar surface area (TPSA) is 179 Å². The van der Waals surface area contributed by atoms with Crippen molar-refractivity contribution < 1.29 is 42.5 Å². The maximum Gasteiger partial charge on any atom is 0.459 e. The van der Waals surface area contributed by atoms with Crippen LogP contribution in [0.4, 0.5) is 10.2 Å². The number of aliphatic hydroxyl groups excluding tert-OH is 2. The number of aryl methyl sites for hydroxylation is 1. The van der Waals surface area contributed by atoms with Gasteiger partial charge in [0, 0.05) is 7.05 Å². The summed E-state index contributed by atoms with van der Waals surface area (Å²) < 4.78 is 53.4. The summed E-state index contributed by atoms with van der Waals surface area (Å²) >= 11 is 0.